The van der Waals surface area contributed by atoms with Gasteiger partial charge >= 0.3 is 5.69 Å². The number of fused-ring (bicyclic) bond motifs is 3. The number of rotatable bonds is 4. The number of aryl methyl sites for hydroxylation is 2. The van der Waals surface area contributed by atoms with E-state index in [0.29, 0.717) is 46.2 Å². The van der Waals surface area contributed by atoms with Gasteiger partial charge in [-0.2, -0.15) is 10.1 Å². The molecule has 0 saturated carbocycles. The summed E-state index contributed by atoms with van der Waals surface area (Å²) in [6.07, 6.45) is 4.69. The molecule has 2 unspecified atom stereocenters. The van der Waals surface area contributed by atoms with Gasteiger partial charge in [0.25, 0.3) is 5.91 Å². The highest BCUT2D eigenvalue weighted by Crippen LogP contribution is 2.47. The minimum absolute atomic E-state index is 0.0282. The van der Waals surface area contributed by atoms with Crippen molar-refractivity contribution >= 4 is 56.9 Å². The number of carbonyl (C=O) groups excluding carboxylic acids is 2. The minimum Gasteiger partial charge on any atom is -0.337 e. The lowest BCUT2D eigenvalue weighted by molar-refractivity contribution is -0.129. The van der Waals surface area contributed by atoms with Gasteiger partial charge < -0.3 is 14.7 Å². The second-order valence-electron chi connectivity index (χ2n) is 12.6. The molecule has 7 rings (SSSR count). The van der Waals surface area contributed by atoms with E-state index in [2.05, 4.69) is 21.8 Å². The number of likely N-dealkylation sites (N-methyl/N-ethyl adjacent to an activating group) is 1. The summed E-state index contributed by atoms with van der Waals surface area (Å²) in [5, 5.41) is 8.76. The largest absolute Gasteiger partial charge is 0.355 e. The number of nitrogens with one attached hydrogen (secondary N) is 1. The lowest BCUT2D eigenvalue weighted by Crippen LogP contribution is -2.63. The molecule has 1 N–H and O–H groups in total. The molecule has 0 aliphatic carbocycles. The van der Waals surface area contributed by atoms with Crippen LogP contribution in [-0.4, -0.2) is 78.7 Å². The number of carbonyl (C=O) groups is 2. The van der Waals surface area contributed by atoms with Crippen LogP contribution in [-0.2, 0) is 9.59 Å². The Morgan fingerprint density at radius 3 is 2.60 bits per heavy atom. The molecule has 6 heterocycles. The Morgan fingerprint density at radius 1 is 1.11 bits per heavy atom. The molecule has 2 amide bonds. The molecule has 2 aliphatic rings. The zero-order valence-electron chi connectivity index (χ0n) is 27.0. The van der Waals surface area contributed by atoms with Gasteiger partial charge in [0.05, 0.1) is 51.4 Å². The molecular formula is C34H34ClN9O3. The van der Waals surface area contributed by atoms with E-state index < -0.39 is 11.7 Å². The van der Waals surface area contributed by atoms with Gasteiger partial charge in [0.2, 0.25) is 5.91 Å². The maximum Gasteiger partial charge on any atom is 0.355 e. The smallest absolute Gasteiger partial charge is 0.337 e. The average Bonchev–Trinajstić information content (AvgIpc) is 3.49. The van der Waals surface area contributed by atoms with E-state index in [1.165, 1.54) is 15.5 Å². The van der Waals surface area contributed by atoms with Gasteiger partial charge in [-0.1, -0.05) is 38.1 Å². The van der Waals surface area contributed by atoms with Crippen LogP contribution in [0, 0.1) is 13.8 Å². The molecule has 0 spiro atoms. The molecule has 5 aromatic rings. The third-order valence-electron chi connectivity index (χ3n) is 9.29. The number of hydrogen-bond donors (Lipinski definition) is 1. The first-order chi connectivity index (χ1) is 22.4. The fraction of sp³-hybridized carbons (Fsp3) is 0.324. The molecule has 4 aromatic heterocycles. The molecule has 1 fully saturated rings. The molecule has 47 heavy (non-hydrogen) atoms. The van der Waals surface area contributed by atoms with Gasteiger partial charge in [0.1, 0.15) is 11.9 Å². The molecule has 0 radical (unpaired) electrons. The monoisotopic (exact) mass is 651 g/mol. The van der Waals surface area contributed by atoms with Crippen LogP contribution < -0.4 is 15.5 Å². The molecule has 1 saturated heterocycles. The van der Waals surface area contributed by atoms with Crippen molar-refractivity contribution in [2.75, 3.05) is 29.9 Å². The highest BCUT2D eigenvalue weighted by atomic mass is 35.5. The molecule has 2 aliphatic heterocycles. The minimum atomic E-state index is -0.837. The SMILES string of the molecule is C=CC(=O)N1CC(C)N2c3nc(=O)n(-c4c(C)ccnc4C(C)C)c4nc(-c5c(C)ccc6[nH]ncc56)c(Cl)c(c34)N(C)C(=O)C2C1. The van der Waals surface area contributed by atoms with E-state index in [9.17, 15) is 14.4 Å². The molecular weight excluding hydrogens is 618 g/mol. The van der Waals surface area contributed by atoms with Crippen LogP contribution in [0.15, 0.2) is 48.0 Å². The Bertz CT molecular complexity index is 2220. The quantitative estimate of drug-likeness (QED) is 0.277. The number of hydrogen-bond acceptors (Lipinski definition) is 8. The van der Waals surface area contributed by atoms with Crippen molar-refractivity contribution in [3.8, 4) is 16.9 Å². The first-order valence-corrected chi connectivity index (χ1v) is 15.8. The van der Waals surface area contributed by atoms with Gasteiger partial charge in [-0.3, -0.25) is 19.7 Å². The lowest BCUT2D eigenvalue weighted by Gasteiger charge is -2.45. The molecule has 2 atom stereocenters. The lowest BCUT2D eigenvalue weighted by atomic mass is 9.99. The fourth-order valence-electron chi connectivity index (χ4n) is 7.07. The fourth-order valence-corrected chi connectivity index (χ4v) is 7.43. The van der Waals surface area contributed by atoms with E-state index in [0.717, 1.165) is 27.6 Å². The predicted molar refractivity (Wildman–Crippen MR) is 183 cm³/mol. The summed E-state index contributed by atoms with van der Waals surface area (Å²) >= 11 is 7.38. The van der Waals surface area contributed by atoms with Gasteiger partial charge in [0.15, 0.2) is 5.65 Å². The van der Waals surface area contributed by atoms with Crippen LogP contribution in [0.4, 0.5) is 11.5 Å². The molecule has 13 heteroatoms. The van der Waals surface area contributed by atoms with Crippen molar-refractivity contribution < 1.29 is 9.59 Å². The van der Waals surface area contributed by atoms with Crippen molar-refractivity contribution in [1.29, 1.82) is 0 Å². The molecule has 0 bridgehead atoms. The Hall–Kier alpha value is -5.10. The van der Waals surface area contributed by atoms with Crippen molar-refractivity contribution in [1.82, 2.24) is 34.6 Å². The number of anilines is 2. The highest BCUT2D eigenvalue weighted by molar-refractivity contribution is 6.39. The number of halogens is 1. The number of piperazine rings is 1. The van der Waals surface area contributed by atoms with Crippen molar-refractivity contribution in [3.05, 3.63) is 75.6 Å². The van der Waals surface area contributed by atoms with Crippen molar-refractivity contribution in [2.45, 2.75) is 52.6 Å². The summed E-state index contributed by atoms with van der Waals surface area (Å²) in [5.41, 5.74) is 5.01. The van der Waals surface area contributed by atoms with E-state index in [1.54, 1.807) is 24.3 Å². The number of amides is 2. The van der Waals surface area contributed by atoms with Gasteiger partial charge in [-0.15, -0.1) is 0 Å². The zero-order chi connectivity index (χ0) is 33.5. The summed E-state index contributed by atoms with van der Waals surface area (Å²) in [6, 6.07) is 4.52. The standard InChI is InChI=1S/C34H34ClN9O3/c1-8-23(45)42-14-19(6)43-22(15-42)33(46)41(7)30-25-31(38-28(26(30)35)24-17(4)9-10-21-20(24)13-37-40-21)44(34(47)39-32(25)43)29-18(5)11-12-36-27(29)16(2)3/h8-13,16,19,22H,1,14-15H2,2-7H3,(H,37,40). The average molecular weight is 652 g/mol. The van der Waals surface area contributed by atoms with Crippen molar-refractivity contribution in [3.63, 3.8) is 0 Å². The summed E-state index contributed by atoms with van der Waals surface area (Å²) in [6.45, 7) is 13.8. The second-order valence-corrected chi connectivity index (χ2v) is 13.0. The van der Waals surface area contributed by atoms with Crippen molar-refractivity contribution in [2.24, 2.45) is 0 Å². The second kappa shape index (κ2) is 11.0. The number of pyridine rings is 2. The maximum atomic E-state index is 14.5. The number of aromatic amines is 1. The Kier molecular flexibility index (Phi) is 7.16. The Morgan fingerprint density at radius 2 is 1.87 bits per heavy atom. The molecule has 1 aromatic carbocycles. The van der Waals surface area contributed by atoms with Crippen LogP contribution in [0.1, 0.15) is 43.5 Å². The van der Waals surface area contributed by atoms with Crippen LogP contribution in [0.3, 0.4) is 0 Å². The third-order valence-corrected chi connectivity index (χ3v) is 9.64. The van der Waals surface area contributed by atoms with Gasteiger partial charge in [-0.25, -0.2) is 14.3 Å². The number of H-pyrrole nitrogens is 1. The zero-order valence-corrected chi connectivity index (χ0v) is 27.8. The first-order valence-electron chi connectivity index (χ1n) is 15.5. The topological polar surface area (TPSA) is 133 Å². The van der Waals surface area contributed by atoms with E-state index in [1.807, 2.05) is 57.7 Å². The third kappa shape index (κ3) is 4.45. The van der Waals surface area contributed by atoms with E-state index in [-0.39, 0.29) is 35.3 Å². The van der Waals surface area contributed by atoms with Crippen LogP contribution in [0.25, 0.3) is 38.9 Å². The highest BCUT2D eigenvalue weighted by Gasteiger charge is 2.45. The first kappa shape index (κ1) is 30.5. The number of nitrogens with zero attached hydrogens (tertiary/aromatic N) is 8. The Balaban J connectivity index is 1.66. The summed E-state index contributed by atoms with van der Waals surface area (Å²) < 4.78 is 1.51. The van der Waals surface area contributed by atoms with Gasteiger partial charge in [0, 0.05) is 36.8 Å². The number of aromatic nitrogens is 6. The molecule has 12 nitrogen and oxygen atoms in total. The van der Waals surface area contributed by atoms with E-state index in [4.69, 9.17) is 21.6 Å². The van der Waals surface area contributed by atoms with Crippen LogP contribution in [0.2, 0.25) is 5.02 Å². The summed E-state index contributed by atoms with van der Waals surface area (Å²) in [5.74, 6) is -0.306. The van der Waals surface area contributed by atoms with E-state index >= 15 is 0 Å². The summed E-state index contributed by atoms with van der Waals surface area (Å²) in [4.78, 5) is 61.2. The predicted octanol–water partition coefficient (Wildman–Crippen LogP) is 4.68. The van der Waals surface area contributed by atoms with Gasteiger partial charge in [-0.05, 0) is 56.0 Å². The maximum absolute atomic E-state index is 14.5. The Labute approximate surface area is 275 Å². The van der Waals surface area contributed by atoms with Crippen LogP contribution >= 0.6 is 11.6 Å². The number of benzene rings is 1. The molecule has 240 valence electrons. The summed E-state index contributed by atoms with van der Waals surface area (Å²) in [7, 11) is 1.66. The van der Waals surface area contributed by atoms with Crippen LogP contribution in [0.5, 0.6) is 0 Å². The normalized spacial score (nSPS) is 17.9.